The number of carbonyl (C=O) groups excluding carboxylic acids is 2. The molecule has 0 aliphatic rings. The molecule has 2 N–H and O–H groups in total. The minimum absolute atomic E-state index is 0.132. The molecule has 1 heterocycles. The Morgan fingerprint density at radius 3 is 2.37 bits per heavy atom. The lowest BCUT2D eigenvalue weighted by atomic mass is 9.92. The maximum atomic E-state index is 13.2. The van der Waals surface area contributed by atoms with E-state index < -0.39 is 6.03 Å². The van der Waals surface area contributed by atoms with Crippen molar-refractivity contribution in [3.8, 4) is 17.2 Å². The van der Waals surface area contributed by atoms with Gasteiger partial charge in [0.05, 0.1) is 36.3 Å². The Balaban J connectivity index is 1.84. The highest BCUT2D eigenvalue weighted by molar-refractivity contribution is 6.32. The molecule has 3 aromatic rings. The van der Waals surface area contributed by atoms with E-state index in [0.29, 0.717) is 40.3 Å². The smallest absolute Gasteiger partial charge is 0.322 e. The highest BCUT2D eigenvalue weighted by atomic mass is 35.5. The first-order valence-corrected chi connectivity index (χ1v) is 12.7. The van der Waals surface area contributed by atoms with Gasteiger partial charge in [-0.15, -0.1) is 0 Å². The van der Waals surface area contributed by atoms with E-state index in [1.54, 1.807) is 36.1 Å². The average Bonchev–Trinajstić information content (AvgIpc) is 3.27. The molecule has 0 saturated heterocycles. The number of urea groups is 1. The van der Waals surface area contributed by atoms with E-state index in [0.717, 1.165) is 5.69 Å². The fraction of sp³-hybridized carbons (Fsp3) is 0.393. The predicted molar refractivity (Wildman–Crippen MR) is 151 cm³/mol. The van der Waals surface area contributed by atoms with Crippen molar-refractivity contribution < 1.29 is 19.1 Å². The molecule has 2 aromatic carbocycles. The number of rotatable bonds is 9. The topological polar surface area (TPSA) is 97.7 Å². The molecule has 204 valence electrons. The number of nitrogens with zero attached hydrogens (tertiary/aromatic N) is 3. The Morgan fingerprint density at radius 2 is 1.76 bits per heavy atom. The number of halogens is 1. The minimum Gasteiger partial charge on any atom is -0.497 e. The van der Waals surface area contributed by atoms with Crippen LogP contribution < -0.4 is 20.1 Å². The molecule has 0 radical (unpaired) electrons. The number of methoxy groups -OCH3 is 2. The summed E-state index contributed by atoms with van der Waals surface area (Å²) in [4.78, 5) is 28.0. The Kier molecular flexibility index (Phi) is 9.27. The number of carbonyl (C=O) groups is 2. The number of benzene rings is 2. The van der Waals surface area contributed by atoms with E-state index in [4.69, 9.17) is 26.2 Å². The van der Waals surface area contributed by atoms with Crippen LogP contribution in [0.4, 0.5) is 16.3 Å². The molecule has 0 spiro atoms. The summed E-state index contributed by atoms with van der Waals surface area (Å²) >= 11 is 6.44. The standard InChI is InChI=1S/C28H36ClN5O4/c1-18(2)16-33(27(36)30-21-13-12-19(37-6)14-23(21)38-7)17-26(35)31-25-15-24(28(3,4)5)32-34(25)22-11-9-8-10-20(22)29/h8-15,18H,16-17H2,1-7H3,(H,30,36)(H,31,35). The molecule has 10 heteroatoms. The highest BCUT2D eigenvalue weighted by Gasteiger charge is 2.24. The summed E-state index contributed by atoms with van der Waals surface area (Å²) in [5.74, 6) is 1.28. The maximum absolute atomic E-state index is 13.2. The van der Waals surface area contributed by atoms with Gasteiger partial charge in [-0.3, -0.25) is 4.79 Å². The molecular weight excluding hydrogens is 506 g/mol. The molecule has 0 bridgehead atoms. The maximum Gasteiger partial charge on any atom is 0.322 e. The van der Waals surface area contributed by atoms with Crippen molar-refractivity contribution >= 4 is 35.0 Å². The van der Waals surface area contributed by atoms with Crippen molar-refractivity contribution in [2.24, 2.45) is 5.92 Å². The SMILES string of the molecule is COc1ccc(NC(=O)N(CC(=O)Nc2cc(C(C)(C)C)nn2-c2ccccc2Cl)CC(C)C)c(OC)c1. The third kappa shape index (κ3) is 7.19. The van der Waals surface area contributed by atoms with Crippen LogP contribution in [0.3, 0.4) is 0 Å². The Morgan fingerprint density at radius 1 is 1.05 bits per heavy atom. The van der Waals surface area contributed by atoms with Gasteiger partial charge in [0.15, 0.2) is 0 Å². The number of amides is 3. The molecule has 0 aliphatic heterocycles. The van der Waals surface area contributed by atoms with Gasteiger partial charge in [-0.2, -0.15) is 5.10 Å². The summed E-state index contributed by atoms with van der Waals surface area (Å²) < 4.78 is 12.2. The second-order valence-corrected chi connectivity index (χ2v) is 10.8. The van der Waals surface area contributed by atoms with Crippen molar-refractivity contribution in [2.75, 3.05) is 37.9 Å². The molecule has 38 heavy (non-hydrogen) atoms. The van der Waals surface area contributed by atoms with Gasteiger partial charge >= 0.3 is 6.03 Å². The van der Waals surface area contributed by atoms with Gasteiger partial charge < -0.3 is 25.0 Å². The summed E-state index contributed by atoms with van der Waals surface area (Å²) in [7, 11) is 3.07. The van der Waals surface area contributed by atoms with Crippen molar-refractivity contribution in [3.63, 3.8) is 0 Å². The first-order chi connectivity index (χ1) is 17.9. The van der Waals surface area contributed by atoms with Crippen LogP contribution in [-0.2, 0) is 10.2 Å². The van der Waals surface area contributed by atoms with Crippen molar-refractivity contribution in [3.05, 3.63) is 59.2 Å². The van der Waals surface area contributed by atoms with Crippen molar-refractivity contribution in [1.82, 2.24) is 14.7 Å². The van der Waals surface area contributed by atoms with Crippen molar-refractivity contribution in [2.45, 2.75) is 40.0 Å². The molecule has 9 nitrogen and oxygen atoms in total. The number of aromatic nitrogens is 2. The molecular formula is C28H36ClN5O4. The third-order valence-corrected chi connectivity index (χ3v) is 6.00. The normalized spacial score (nSPS) is 11.3. The molecule has 1 aromatic heterocycles. The Bertz CT molecular complexity index is 1280. The summed E-state index contributed by atoms with van der Waals surface area (Å²) in [5, 5.41) is 11.0. The van der Waals surface area contributed by atoms with Crippen molar-refractivity contribution in [1.29, 1.82) is 0 Å². The molecule has 0 unspecified atom stereocenters. The van der Waals surface area contributed by atoms with Gasteiger partial charge in [0.1, 0.15) is 23.9 Å². The summed E-state index contributed by atoms with van der Waals surface area (Å²) in [5.41, 5.74) is 1.64. The van der Waals surface area contributed by atoms with Crippen LogP contribution in [-0.4, -0.2) is 53.9 Å². The van der Waals surface area contributed by atoms with E-state index in [1.165, 1.54) is 12.0 Å². The fourth-order valence-corrected chi connectivity index (χ4v) is 3.97. The number of hydrogen-bond donors (Lipinski definition) is 2. The summed E-state index contributed by atoms with van der Waals surface area (Å²) in [6.45, 7) is 10.3. The first-order valence-electron chi connectivity index (χ1n) is 12.4. The van der Waals surface area contributed by atoms with Gasteiger partial charge in [0.25, 0.3) is 0 Å². The zero-order chi connectivity index (χ0) is 28.0. The van der Waals surface area contributed by atoms with E-state index in [-0.39, 0.29) is 23.8 Å². The summed E-state index contributed by atoms with van der Waals surface area (Å²) in [6, 6.07) is 13.8. The average molecular weight is 542 g/mol. The molecule has 3 amide bonds. The van der Waals surface area contributed by atoms with E-state index in [2.05, 4.69) is 10.6 Å². The number of anilines is 2. The molecule has 0 fully saturated rings. The predicted octanol–water partition coefficient (Wildman–Crippen LogP) is 5.97. The quantitative estimate of drug-likeness (QED) is 0.348. The van der Waals surface area contributed by atoms with Crippen LogP contribution >= 0.6 is 11.6 Å². The largest absolute Gasteiger partial charge is 0.497 e. The van der Waals surface area contributed by atoms with E-state index >= 15 is 0 Å². The fourth-order valence-electron chi connectivity index (χ4n) is 3.76. The number of hydrogen-bond acceptors (Lipinski definition) is 5. The Hall–Kier alpha value is -3.72. The monoisotopic (exact) mass is 541 g/mol. The van der Waals surface area contributed by atoms with E-state index in [1.807, 2.05) is 58.9 Å². The van der Waals surface area contributed by atoms with Gasteiger partial charge in [-0.1, -0.05) is 58.4 Å². The molecule has 0 atom stereocenters. The third-order valence-electron chi connectivity index (χ3n) is 5.68. The zero-order valence-corrected chi connectivity index (χ0v) is 23.7. The van der Waals surface area contributed by atoms with Gasteiger partial charge in [0, 0.05) is 24.1 Å². The van der Waals surface area contributed by atoms with Crippen LogP contribution in [0.2, 0.25) is 5.02 Å². The van der Waals surface area contributed by atoms with Gasteiger partial charge in [-0.05, 0) is 30.2 Å². The van der Waals surface area contributed by atoms with Gasteiger partial charge in [-0.25, -0.2) is 9.48 Å². The number of ether oxygens (including phenoxy) is 2. The van der Waals surface area contributed by atoms with Crippen LogP contribution in [0.1, 0.15) is 40.3 Å². The first kappa shape index (κ1) is 28.8. The van der Waals surface area contributed by atoms with Gasteiger partial charge in [0.2, 0.25) is 5.91 Å². The van der Waals surface area contributed by atoms with Crippen LogP contribution in [0, 0.1) is 5.92 Å². The van der Waals surface area contributed by atoms with E-state index in [9.17, 15) is 9.59 Å². The lowest BCUT2D eigenvalue weighted by Gasteiger charge is -2.25. The summed E-state index contributed by atoms with van der Waals surface area (Å²) in [6.07, 6.45) is 0. The van der Waals surface area contributed by atoms with Crippen LogP contribution in [0.15, 0.2) is 48.5 Å². The Labute approximate surface area is 229 Å². The number of nitrogens with one attached hydrogen (secondary N) is 2. The number of para-hydroxylation sites is 1. The molecule has 0 saturated carbocycles. The zero-order valence-electron chi connectivity index (χ0n) is 23.0. The second-order valence-electron chi connectivity index (χ2n) is 10.3. The second kappa shape index (κ2) is 12.2. The molecule has 0 aliphatic carbocycles. The minimum atomic E-state index is -0.424. The lowest BCUT2D eigenvalue weighted by molar-refractivity contribution is -0.116. The lowest BCUT2D eigenvalue weighted by Crippen LogP contribution is -2.42. The highest BCUT2D eigenvalue weighted by Crippen LogP contribution is 2.30. The van der Waals surface area contributed by atoms with Crippen LogP contribution in [0.25, 0.3) is 5.69 Å². The van der Waals surface area contributed by atoms with Crippen LogP contribution in [0.5, 0.6) is 11.5 Å². The molecule has 3 rings (SSSR count).